The van der Waals surface area contributed by atoms with Crippen LogP contribution in [-0.4, -0.2) is 56.2 Å². The quantitative estimate of drug-likeness (QED) is 0.849. The Morgan fingerprint density at radius 2 is 2.00 bits per heavy atom. The highest BCUT2D eigenvalue weighted by Crippen LogP contribution is 2.32. The van der Waals surface area contributed by atoms with Crippen LogP contribution in [0.3, 0.4) is 0 Å². The van der Waals surface area contributed by atoms with Gasteiger partial charge >= 0.3 is 0 Å². The molecule has 1 saturated heterocycles. The van der Waals surface area contributed by atoms with Gasteiger partial charge in [-0.25, -0.2) is 0 Å². The van der Waals surface area contributed by atoms with Crippen molar-refractivity contribution < 1.29 is 14.3 Å². The van der Waals surface area contributed by atoms with Crippen molar-refractivity contribution in [1.29, 1.82) is 0 Å². The van der Waals surface area contributed by atoms with E-state index >= 15 is 0 Å². The van der Waals surface area contributed by atoms with E-state index in [-0.39, 0.29) is 18.0 Å². The van der Waals surface area contributed by atoms with Crippen molar-refractivity contribution in [3.05, 3.63) is 23.8 Å². The zero-order valence-electron chi connectivity index (χ0n) is 15.4. The number of amides is 1. The van der Waals surface area contributed by atoms with Crippen LogP contribution in [0.1, 0.15) is 38.3 Å². The van der Waals surface area contributed by atoms with Crippen molar-refractivity contribution in [2.75, 3.05) is 33.4 Å². The Balaban J connectivity index is 1.60. The molecule has 3 rings (SSSR count). The minimum atomic E-state index is -0.129. The molecular weight excluding hydrogens is 318 g/mol. The highest BCUT2D eigenvalue weighted by molar-refractivity contribution is 5.81. The fourth-order valence-electron chi connectivity index (χ4n) is 3.51. The molecule has 6 nitrogen and oxygen atoms in total. The molecule has 1 aromatic carbocycles. The summed E-state index contributed by atoms with van der Waals surface area (Å²) in [7, 11) is 1.99. The molecule has 0 saturated carbocycles. The van der Waals surface area contributed by atoms with Gasteiger partial charge in [0.05, 0.1) is 12.1 Å². The van der Waals surface area contributed by atoms with Gasteiger partial charge in [-0.05, 0) is 58.0 Å². The lowest BCUT2D eigenvalue weighted by atomic mass is 10.0. The molecule has 0 spiro atoms. The van der Waals surface area contributed by atoms with E-state index in [1.807, 2.05) is 39.1 Å². The maximum absolute atomic E-state index is 12.7. The third kappa shape index (κ3) is 4.25. The van der Waals surface area contributed by atoms with Crippen LogP contribution in [0.4, 0.5) is 0 Å². The van der Waals surface area contributed by atoms with Gasteiger partial charge in [0.1, 0.15) is 13.2 Å². The van der Waals surface area contributed by atoms with E-state index < -0.39 is 0 Å². The summed E-state index contributed by atoms with van der Waals surface area (Å²) in [6, 6.07) is 6.13. The van der Waals surface area contributed by atoms with Gasteiger partial charge in [-0.2, -0.15) is 0 Å². The van der Waals surface area contributed by atoms with Crippen molar-refractivity contribution in [2.45, 2.75) is 44.8 Å². The number of likely N-dealkylation sites (N-methyl/N-ethyl adjacent to an activating group) is 1. The van der Waals surface area contributed by atoms with Crippen LogP contribution in [0.2, 0.25) is 0 Å². The van der Waals surface area contributed by atoms with Gasteiger partial charge in [0.15, 0.2) is 11.5 Å². The van der Waals surface area contributed by atoms with E-state index in [0.29, 0.717) is 19.3 Å². The Labute approximate surface area is 149 Å². The summed E-state index contributed by atoms with van der Waals surface area (Å²) < 4.78 is 11.2. The Bertz CT molecular complexity index is 608. The van der Waals surface area contributed by atoms with Crippen molar-refractivity contribution in [3.63, 3.8) is 0 Å². The number of benzene rings is 1. The number of nitrogens with zero attached hydrogens (tertiary/aromatic N) is 1. The van der Waals surface area contributed by atoms with Crippen molar-refractivity contribution >= 4 is 5.91 Å². The standard InChI is InChI=1S/C19H29N3O3/c1-13(15-6-7-17-18(11-15)25-10-9-24-17)21-19(23)14(2)22-8-4-5-16(12-22)20-3/h6-7,11,13-14,16,20H,4-5,8-10,12H2,1-3H3,(H,21,23). The summed E-state index contributed by atoms with van der Waals surface area (Å²) in [4.78, 5) is 14.9. The van der Waals surface area contributed by atoms with Crippen molar-refractivity contribution in [3.8, 4) is 11.5 Å². The third-order valence-electron chi connectivity index (χ3n) is 5.21. The first-order valence-corrected chi connectivity index (χ1v) is 9.19. The van der Waals surface area contributed by atoms with Crippen molar-refractivity contribution in [2.24, 2.45) is 0 Å². The summed E-state index contributed by atoms with van der Waals surface area (Å²) in [5.74, 6) is 1.60. The minimum absolute atomic E-state index is 0.0687. The van der Waals surface area contributed by atoms with Crippen LogP contribution in [0, 0.1) is 0 Å². The Hall–Kier alpha value is -1.79. The van der Waals surface area contributed by atoms with Crippen LogP contribution in [0.5, 0.6) is 11.5 Å². The van der Waals surface area contributed by atoms with Crippen LogP contribution in [0.25, 0.3) is 0 Å². The number of hydrogen-bond donors (Lipinski definition) is 2. The van der Waals surface area contributed by atoms with E-state index in [1.54, 1.807) is 0 Å². The maximum Gasteiger partial charge on any atom is 0.237 e. The highest BCUT2D eigenvalue weighted by Gasteiger charge is 2.27. The fraction of sp³-hybridized carbons (Fsp3) is 0.632. The second-order valence-electron chi connectivity index (χ2n) is 6.93. The molecule has 0 aromatic heterocycles. The van der Waals surface area contributed by atoms with Gasteiger partial charge in [0.2, 0.25) is 5.91 Å². The SMILES string of the molecule is CNC1CCCN(C(C)C(=O)NC(C)c2ccc3c(c2)OCCO3)C1. The average Bonchev–Trinajstić information content (AvgIpc) is 2.66. The molecule has 6 heteroatoms. The lowest BCUT2D eigenvalue weighted by molar-refractivity contribution is -0.127. The number of piperidine rings is 1. The van der Waals surface area contributed by atoms with E-state index in [0.717, 1.165) is 36.6 Å². The van der Waals surface area contributed by atoms with Crippen molar-refractivity contribution in [1.82, 2.24) is 15.5 Å². The fourth-order valence-corrected chi connectivity index (χ4v) is 3.51. The average molecular weight is 347 g/mol. The predicted molar refractivity (Wildman–Crippen MR) is 97.1 cm³/mol. The predicted octanol–water partition coefficient (Wildman–Crippen LogP) is 1.71. The molecule has 3 unspecified atom stereocenters. The molecule has 2 N–H and O–H groups in total. The third-order valence-corrected chi connectivity index (χ3v) is 5.21. The number of ether oxygens (including phenoxy) is 2. The molecule has 25 heavy (non-hydrogen) atoms. The molecule has 2 heterocycles. The van der Waals surface area contributed by atoms with Crippen LogP contribution in [-0.2, 0) is 4.79 Å². The molecule has 3 atom stereocenters. The van der Waals surface area contributed by atoms with Gasteiger partial charge in [0.25, 0.3) is 0 Å². The summed E-state index contributed by atoms with van der Waals surface area (Å²) in [5, 5.41) is 6.46. The molecule has 2 aliphatic heterocycles. The summed E-state index contributed by atoms with van der Waals surface area (Å²) in [6.07, 6.45) is 2.30. The molecule has 0 radical (unpaired) electrons. The topological polar surface area (TPSA) is 62.8 Å². The van der Waals surface area contributed by atoms with E-state index in [1.165, 1.54) is 6.42 Å². The Morgan fingerprint density at radius 1 is 1.24 bits per heavy atom. The second kappa shape index (κ2) is 8.06. The van der Waals surface area contributed by atoms with Gasteiger partial charge in [-0.15, -0.1) is 0 Å². The van der Waals surface area contributed by atoms with E-state index in [9.17, 15) is 4.79 Å². The largest absolute Gasteiger partial charge is 0.486 e. The van der Waals surface area contributed by atoms with Gasteiger partial charge < -0.3 is 20.1 Å². The number of likely N-dealkylation sites (tertiary alicyclic amines) is 1. The molecule has 1 amide bonds. The van der Waals surface area contributed by atoms with E-state index in [2.05, 4.69) is 15.5 Å². The van der Waals surface area contributed by atoms with Crippen LogP contribution >= 0.6 is 0 Å². The first-order valence-electron chi connectivity index (χ1n) is 9.19. The van der Waals surface area contributed by atoms with Gasteiger partial charge in [-0.1, -0.05) is 6.07 Å². The zero-order valence-corrected chi connectivity index (χ0v) is 15.4. The first-order chi connectivity index (χ1) is 12.1. The molecule has 0 aliphatic carbocycles. The number of fused-ring (bicyclic) bond motifs is 1. The normalized spacial score (nSPS) is 22.9. The summed E-state index contributed by atoms with van der Waals surface area (Å²) in [5.41, 5.74) is 1.02. The Morgan fingerprint density at radius 3 is 2.76 bits per heavy atom. The number of rotatable bonds is 5. The number of carbonyl (C=O) groups is 1. The summed E-state index contributed by atoms with van der Waals surface area (Å²) in [6.45, 7) is 7.04. The molecule has 138 valence electrons. The first kappa shape index (κ1) is 18.0. The Kier molecular flexibility index (Phi) is 5.81. The molecule has 1 aromatic rings. The molecule has 1 fully saturated rings. The van der Waals surface area contributed by atoms with Gasteiger partial charge in [0, 0.05) is 12.6 Å². The summed E-state index contributed by atoms with van der Waals surface area (Å²) >= 11 is 0. The number of hydrogen-bond acceptors (Lipinski definition) is 5. The minimum Gasteiger partial charge on any atom is -0.486 e. The van der Waals surface area contributed by atoms with Crippen LogP contribution in [0.15, 0.2) is 18.2 Å². The molecular formula is C19H29N3O3. The van der Waals surface area contributed by atoms with Gasteiger partial charge in [-0.3, -0.25) is 9.69 Å². The second-order valence-corrected chi connectivity index (χ2v) is 6.93. The highest BCUT2D eigenvalue weighted by atomic mass is 16.6. The number of carbonyl (C=O) groups excluding carboxylic acids is 1. The number of nitrogens with one attached hydrogen (secondary N) is 2. The molecule has 0 bridgehead atoms. The van der Waals surface area contributed by atoms with Crippen LogP contribution < -0.4 is 20.1 Å². The van der Waals surface area contributed by atoms with E-state index in [4.69, 9.17) is 9.47 Å². The zero-order chi connectivity index (χ0) is 17.8. The molecule has 2 aliphatic rings. The monoisotopic (exact) mass is 347 g/mol. The smallest absolute Gasteiger partial charge is 0.237 e. The lowest BCUT2D eigenvalue weighted by Crippen LogP contribution is -2.52. The lowest BCUT2D eigenvalue weighted by Gasteiger charge is -2.36. The maximum atomic E-state index is 12.7.